The first-order valence-electron chi connectivity index (χ1n) is 7.50. The molecule has 0 N–H and O–H groups in total. The lowest BCUT2D eigenvalue weighted by molar-refractivity contribution is 0.0758. The van der Waals surface area contributed by atoms with Crippen molar-refractivity contribution in [3.05, 3.63) is 34.2 Å². The van der Waals surface area contributed by atoms with Gasteiger partial charge in [0.1, 0.15) is 0 Å². The van der Waals surface area contributed by atoms with E-state index in [1.807, 2.05) is 21.7 Å². The second-order valence-corrected chi connectivity index (χ2v) is 6.31. The van der Waals surface area contributed by atoms with E-state index in [2.05, 4.69) is 22.0 Å². The monoisotopic (exact) mass is 320 g/mol. The molecular weight excluding hydrogens is 300 g/mol. The first-order valence-corrected chi connectivity index (χ1v) is 8.45. The lowest BCUT2D eigenvalue weighted by Gasteiger charge is -2.25. The van der Waals surface area contributed by atoms with Gasteiger partial charge in [0, 0.05) is 38.5 Å². The number of nitrogens with zero attached hydrogens (tertiary/aromatic N) is 4. The van der Waals surface area contributed by atoms with Gasteiger partial charge in [-0.05, 0) is 24.8 Å². The Morgan fingerprint density at radius 2 is 2.18 bits per heavy atom. The Balaban J connectivity index is 1.63. The summed E-state index contributed by atoms with van der Waals surface area (Å²) in [5.41, 5.74) is 0.791. The smallest absolute Gasteiger partial charge is 0.254 e. The molecule has 1 aliphatic rings. The van der Waals surface area contributed by atoms with Gasteiger partial charge in [0.25, 0.3) is 5.91 Å². The summed E-state index contributed by atoms with van der Waals surface area (Å²) in [6.07, 6.45) is 0.952. The second kappa shape index (κ2) is 6.58. The van der Waals surface area contributed by atoms with Crippen molar-refractivity contribution in [3.63, 3.8) is 0 Å². The molecular formula is C15H20N4O2S. The Morgan fingerprint density at radius 3 is 2.86 bits per heavy atom. The van der Waals surface area contributed by atoms with Crippen molar-refractivity contribution in [2.75, 3.05) is 26.2 Å². The van der Waals surface area contributed by atoms with Crippen LogP contribution in [0.15, 0.2) is 21.2 Å². The molecule has 1 saturated heterocycles. The predicted octanol–water partition coefficient (Wildman–Crippen LogP) is 2.35. The molecule has 3 heterocycles. The molecule has 1 amide bonds. The number of carbonyl (C=O) groups excluding carboxylic acids is 1. The molecule has 0 bridgehead atoms. The third-order valence-electron chi connectivity index (χ3n) is 4.03. The minimum absolute atomic E-state index is 0.0809. The van der Waals surface area contributed by atoms with Gasteiger partial charge in [-0.1, -0.05) is 0 Å². The molecule has 22 heavy (non-hydrogen) atoms. The molecule has 6 nitrogen and oxygen atoms in total. The third kappa shape index (κ3) is 3.20. The van der Waals surface area contributed by atoms with Gasteiger partial charge in [-0.25, -0.2) is 0 Å². The fourth-order valence-electron chi connectivity index (χ4n) is 2.73. The van der Waals surface area contributed by atoms with Gasteiger partial charge in [0.15, 0.2) is 0 Å². The highest BCUT2D eigenvalue weighted by Crippen LogP contribution is 2.21. The Labute approximate surface area is 133 Å². The maximum Gasteiger partial charge on any atom is 0.254 e. The fourth-order valence-corrected chi connectivity index (χ4v) is 3.36. The molecule has 0 saturated carbocycles. The maximum atomic E-state index is 12.4. The van der Waals surface area contributed by atoms with Crippen LogP contribution in [0.4, 0.5) is 0 Å². The summed E-state index contributed by atoms with van der Waals surface area (Å²) in [6.45, 7) is 7.14. The molecule has 2 aromatic rings. The minimum atomic E-state index is 0.0809. The molecule has 0 radical (unpaired) electrons. The molecule has 0 unspecified atom stereocenters. The fraction of sp³-hybridized carbons (Fsp3) is 0.533. The lowest BCUT2D eigenvalue weighted by atomic mass is 10.2. The SMILES string of the molecule is Cc1nnc([C@H](C)N2CCCN(C(=O)c3ccsc3)CC2)o1. The zero-order valence-electron chi connectivity index (χ0n) is 12.9. The van der Waals surface area contributed by atoms with E-state index in [4.69, 9.17) is 4.42 Å². The number of aryl methyl sites for hydroxylation is 1. The third-order valence-corrected chi connectivity index (χ3v) is 4.72. The van der Waals surface area contributed by atoms with Gasteiger partial charge in [-0.3, -0.25) is 9.69 Å². The molecule has 0 aromatic carbocycles. The van der Waals surface area contributed by atoms with E-state index in [0.717, 1.165) is 38.2 Å². The van der Waals surface area contributed by atoms with E-state index in [1.165, 1.54) is 0 Å². The van der Waals surface area contributed by atoms with Crippen molar-refractivity contribution in [3.8, 4) is 0 Å². The van der Waals surface area contributed by atoms with Crippen molar-refractivity contribution < 1.29 is 9.21 Å². The first-order chi connectivity index (χ1) is 10.6. The van der Waals surface area contributed by atoms with Crippen molar-refractivity contribution in [2.24, 2.45) is 0 Å². The van der Waals surface area contributed by atoms with Crippen LogP contribution in [0.5, 0.6) is 0 Å². The van der Waals surface area contributed by atoms with E-state index in [9.17, 15) is 4.79 Å². The number of carbonyl (C=O) groups is 1. The van der Waals surface area contributed by atoms with E-state index >= 15 is 0 Å². The molecule has 118 valence electrons. The van der Waals surface area contributed by atoms with Crippen LogP contribution in [0, 0.1) is 6.92 Å². The van der Waals surface area contributed by atoms with Crippen LogP contribution in [0.2, 0.25) is 0 Å². The van der Waals surface area contributed by atoms with Crippen molar-refractivity contribution >= 4 is 17.2 Å². The number of rotatable bonds is 3. The number of thiophene rings is 1. The molecule has 7 heteroatoms. The Kier molecular flexibility index (Phi) is 4.54. The van der Waals surface area contributed by atoms with E-state index in [-0.39, 0.29) is 11.9 Å². The van der Waals surface area contributed by atoms with Crippen LogP contribution in [-0.4, -0.2) is 52.1 Å². The zero-order valence-corrected chi connectivity index (χ0v) is 13.7. The summed E-state index contributed by atoms with van der Waals surface area (Å²) >= 11 is 1.56. The Bertz CT molecular complexity index is 625. The average Bonchev–Trinajstić information content (AvgIpc) is 3.13. The Hall–Kier alpha value is -1.73. The highest BCUT2D eigenvalue weighted by Gasteiger charge is 2.25. The highest BCUT2D eigenvalue weighted by atomic mass is 32.1. The van der Waals surface area contributed by atoms with Crippen molar-refractivity contribution in [1.29, 1.82) is 0 Å². The van der Waals surface area contributed by atoms with Gasteiger partial charge in [0.2, 0.25) is 11.8 Å². The predicted molar refractivity (Wildman–Crippen MR) is 83.9 cm³/mol. The molecule has 1 fully saturated rings. The maximum absolute atomic E-state index is 12.4. The second-order valence-electron chi connectivity index (χ2n) is 5.53. The minimum Gasteiger partial charge on any atom is -0.424 e. The summed E-state index contributed by atoms with van der Waals surface area (Å²) in [4.78, 5) is 16.7. The summed E-state index contributed by atoms with van der Waals surface area (Å²) in [7, 11) is 0. The largest absolute Gasteiger partial charge is 0.424 e. The van der Waals surface area contributed by atoms with Crippen LogP contribution in [0.1, 0.15) is 41.5 Å². The number of hydrogen-bond acceptors (Lipinski definition) is 6. The summed E-state index contributed by atoms with van der Waals surface area (Å²) in [5, 5.41) is 11.9. The van der Waals surface area contributed by atoms with Crippen LogP contribution in [-0.2, 0) is 0 Å². The molecule has 0 spiro atoms. The van der Waals surface area contributed by atoms with Crippen LogP contribution >= 0.6 is 11.3 Å². The topological polar surface area (TPSA) is 62.5 Å². The first kappa shape index (κ1) is 15.2. The zero-order chi connectivity index (χ0) is 15.5. The van der Waals surface area contributed by atoms with Crippen LogP contribution in [0.3, 0.4) is 0 Å². The quantitative estimate of drug-likeness (QED) is 0.868. The molecule has 0 aliphatic carbocycles. The number of aromatic nitrogens is 2. The van der Waals surface area contributed by atoms with E-state index in [1.54, 1.807) is 18.3 Å². The number of amides is 1. The molecule has 1 aliphatic heterocycles. The molecule has 1 atom stereocenters. The van der Waals surface area contributed by atoms with Crippen LogP contribution in [0.25, 0.3) is 0 Å². The van der Waals surface area contributed by atoms with Gasteiger partial charge in [0.05, 0.1) is 11.6 Å². The normalized spacial score (nSPS) is 18.2. The van der Waals surface area contributed by atoms with Crippen LogP contribution < -0.4 is 0 Å². The Morgan fingerprint density at radius 1 is 1.32 bits per heavy atom. The van der Waals surface area contributed by atoms with Gasteiger partial charge in [-0.2, -0.15) is 11.3 Å². The average molecular weight is 320 g/mol. The standard InChI is InChI=1S/C15H20N4O2S/c1-11(14-17-16-12(2)21-14)18-5-3-6-19(8-7-18)15(20)13-4-9-22-10-13/h4,9-11H,3,5-8H2,1-2H3/t11-/m0/s1. The van der Waals surface area contributed by atoms with Crippen molar-refractivity contribution in [1.82, 2.24) is 20.0 Å². The van der Waals surface area contributed by atoms with Gasteiger partial charge < -0.3 is 9.32 Å². The van der Waals surface area contributed by atoms with Gasteiger partial charge >= 0.3 is 0 Å². The molecule has 2 aromatic heterocycles. The summed E-state index contributed by atoms with van der Waals surface area (Å²) < 4.78 is 5.53. The van der Waals surface area contributed by atoms with E-state index < -0.39 is 0 Å². The lowest BCUT2D eigenvalue weighted by Crippen LogP contribution is -2.35. The number of hydrogen-bond donors (Lipinski definition) is 0. The highest BCUT2D eigenvalue weighted by molar-refractivity contribution is 7.08. The summed E-state index contributed by atoms with van der Waals surface area (Å²) in [5.74, 6) is 1.37. The van der Waals surface area contributed by atoms with Crippen molar-refractivity contribution in [2.45, 2.75) is 26.3 Å². The summed E-state index contributed by atoms with van der Waals surface area (Å²) in [6, 6.07) is 1.97. The molecule has 3 rings (SSSR count). The van der Waals surface area contributed by atoms with Gasteiger partial charge in [-0.15, -0.1) is 10.2 Å². The van der Waals surface area contributed by atoms with E-state index in [0.29, 0.717) is 11.8 Å².